The lowest BCUT2D eigenvalue weighted by atomic mass is 9.60. The largest absolute Gasteiger partial charge is 0.342 e. The fourth-order valence-corrected chi connectivity index (χ4v) is 7.81. The van der Waals surface area contributed by atoms with Crippen molar-refractivity contribution in [1.82, 2.24) is 14.6 Å². The highest BCUT2D eigenvalue weighted by Crippen LogP contribution is 2.55. The molecule has 0 radical (unpaired) electrons. The predicted molar refractivity (Wildman–Crippen MR) is 127 cm³/mol. The monoisotopic (exact) mass is 477 g/mol. The highest BCUT2D eigenvalue weighted by molar-refractivity contribution is 7.89. The second-order valence-corrected chi connectivity index (χ2v) is 12.4. The molecule has 6 rings (SSSR count). The quantitative estimate of drug-likeness (QED) is 0.706. The molecule has 1 N–H and O–H groups in total. The molecule has 3 aliphatic heterocycles. The summed E-state index contributed by atoms with van der Waals surface area (Å²) in [6, 6.07) is 8.76. The van der Waals surface area contributed by atoms with E-state index in [1.165, 1.54) is 0 Å². The Morgan fingerprint density at radius 1 is 1.06 bits per heavy atom. The van der Waals surface area contributed by atoms with Gasteiger partial charge >= 0.3 is 0 Å². The summed E-state index contributed by atoms with van der Waals surface area (Å²) < 4.78 is 28.9. The van der Waals surface area contributed by atoms with Crippen molar-refractivity contribution in [3.05, 3.63) is 59.2 Å². The first kappa shape index (κ1) is 21.6. The van der Waals surface area contributed by atoms with Gasteiger partial charge < -0.3 is 5.32 Å². The van der Waals surface area contributed by atoms with Crippen molar-refractivity contribution in [2.75, 3.05) is 19.6 Å². The van der Waals surface area contributed by atoms with Crippen molar-refractivity contribution in [3.8, 4) is 0 Å². The van der Waals surface area contributed by atoms with Crippen molar-refractivity contribution in [3.63, 3.8) is 0 Å². The molecule has 1 aromatic heterocycles. The summed E-state index contributed by atoms with van der Waals surface area (Å²) in [5.41, 5.74) is 2.85. The number of benzene rings is 1. The Labute approximate surface area is 198 Å². The Bertz CT molecular complexity index is 1420. The van der Waals surface area contributed by atoms with E-state index in [-0.39, 0.29) is 16.1 Å². The molecule has 176 valence electrons. The fraction of sp³-hybridized carbons (Fsp3) is 0.440. The van der Waals surface area contributed by atoms with E-state index < -0.39 is 15.4 Å². The number of rotatable bonds is 2. The van der Waals surface area contributed by atoms with E-state index in [4.69, 9.17) is 0 Å². The van der Waals surface area contributed by atoms with E-state index in [0.29, 0.717) is 49.8 Å². The van der Waals surface area contributed by atoms with Gasteiger partial charge in [0.1, 0.15) is 0 Å². The average Bonchev–Trinajstić information content (AvgIpc) is 3.27. The molecule has 2 aromatic rings. The third kappa shape index (κ3) is 3.10. The van der Waals surface area contributed by atoms with Crippen molar-refractivity contribution < 1.29 is 13.2 Å². The van der Waals surface area contributed by atoms with Crippen molar-refractivity contribution >= 4 is 26.7 Å². The Morgan fingerprint density at radius 2 is 1.85 bits per heavy atom. The summed E-state index contributed by atoms with van der Waals surface area (Å²) in [5.74, 6) is 0.911. The van der Waals surface area contributed by atoms with Gasteiger partial charge in [0.25, 0.3) is 0 Å². The molecule has 1 aromatic carbocycles. The molecule has 8 nitrogen and oxygen atoms in total. The van der Waals surface area contributed by atoms with Crippen molar-refractivity contribution in [1.29, 1.82) is 0 Å². The van der Waals surface area contributed by atoms with Crippen LogP contribution in [0.25, 0.3) is 10.9 Å². The van der Waals surface area contributed by atoms with Crippen LogP contribution >= 0.6 is 0 Å². The highest BCUT2D eigenvalue weighted by Gasteiger charge is 2.53. The van der Waals surface area contributed by atoms with E-state index in [2.05, 4.69) is 34.4 Å². The number of nitrogens with one attached hydrogen (secondary N) is 1. The third-order valence-electron chi connectivity index (χ3n) is 7.69. The second kappa shape index (κ2) is 7.29. The summed E-state index contributed by atoms with van der Waals surface area (Å²) in [5, 5.41) is 12.6. The first-order chi connectivity index (χ1) is 16.2. The van der Waals surface area contributed by atoms with E-state index >= 15 is 0 Å². The number of Topliss-reactive ketones (excluding diaryl/α,β-unsaturated/α-hetero) is 1. The fourth-order valence-electron chi connectivity index (χ4n) is 6.17. The zero-order valence-corrected chi connectivity index (χ0v) is 20.2. The Hall–Kier alpha value is -2.91. The van der Waals surface area contributed by atoms with Crippen LogP contribution in [0.4, 0.5) is 0 Å². The molecule has 0 atom stereocenters. The number of sulfonamides is 1. The standard InChI is InChI=1S/C25H27N5O3S/c1-24(2)13-19-22(20(31)14-24)25(17-15-27-29-23(17)28-19)8-11-30(12-9-25)34(32,33)21-7-3-6-18-16(21)5-4-10-26-18/h3-7,10,28H,8-9,11-15H2,1-2H3. The molecule has 4 aliphatic rings. The zero-order valence-electron chi connectivity index (χ0n) is 19.3. The number of hydrogen-bond acceptors (Lipinski definition) is 7. The van der Waals surface area contributed by atoms with Crippen LogP contribution < -0.4 is 5.32 Å². The maximum atomic E-state index is 13.7. The van der Waals surface area contributed by atoms with Gasteiger partial charge in [0.05, 0.1) is 17.0 Å². The lowest BCUT2D eigenvalue weighted by Crippen LogP contribution is -2.50. The number of ketones is 1. The molecule has 4 heterocycles. The number of fused-ring (bicyclic) bond motifs is 3. The summed E-state index contributed by atoms with van der Waals surface area (Å²) in [7, 11) is -3.71. The SMILES string of the molecule is CC1(C)CC(=O)C2=C(C1)NC1=C(CN=N1)C21CCN(S(=O)(=O)c2cccc3ncccc23)CC1. The van der Waals surface area contributed by atoms with Crippen LogP contribution in [0.3, 0.4) is 0 Å². The lowest BCUT2D eigenvalue weighted by molar-refractivity contribution is -0.119. The van der Waals surface area contributed by atoms with Crippen LogP contribution in [0, 0.1) is 10.8 Å². The van der Waals surface area contributed by atoms with E-state index in [1.54, 1.807) is 34.8 Å². The number of dihydropyridines is 1. The van der Waals surface area contributed by atoms with Gasteiger partial charge in [-0.25, -0.2) is 8.42 Å². The minimum Gasteiger partial charge on any atom is -0.342 e. The third-order valence-corrected chi connectivity index (χ3v) is 9.64. The molecule has 1 saturated heterocycles. The number of aromatic nitrogens is 1. The van der Waals surface area contributed by atoms with Crippen LogP contribution in [-0.2, 0) is 14.8 Å². The molecular weight excluding hydrogens is 450 g/mol. The zero-order chi connectivity index (χ0) is 23.7. The normalized spacial score (nSPS) is 23.9. The smallest absolute Gasteiger partial charge is 0.243 e. The number of carbonyl (C=O) groups is 1. The van der Waals surface area contributed by atoms with Crippen LogP contribution in [0.1, 0.15) is 39.5 Å². The van der Waals surface area contributed by atoms with Gasteiger partial charge in [0, 0.05) is 53.4 Å². The summed E-state index contributed by atoms with van der Waals surface area (Å²) >= 11 is 0. The minimum atomic E-state index is -3.71. The van der Waals surface area contributed by atoms with E-state index in [0.717, 1.165) is 29.1 Å². The van der Waals surface area contributed by atoms with Gasteiger partial charge in [-0.05, 0) is 48.9 Å². The topological polar surface area (TPSA) is 104 Å². The highest BCUT2D eigenvalue weighted by atomic mass is 32.2. The molecule has 0 unspecified atom stereocenters. The Kier molecular flexibility index (Phi) is 4.64. The van der Waals surface area contributed by atoms with E-state index in [1.807, 2.05) is 6.07 Å². The summed E-state index contributed by atoms with van der Waals surface area (Å²) in [6.07, 6.45) is 4.03. The van der Waals surface area contributed by atoms with Crippen LogP contribution in [0.15, 0.2) is 74.3 Å². The number of nitrogens with zero attached hydrogens (tertiary/aromatic N) is 4. The van der Waals surface area contributed by atoms with Gasteiger partial charge in [-0.15, -0.1) is 5.11 Å². The second-order valence-electron chi connectivity index (χ2n) is 10.5. The predicted octanol–water partition coefficient (Wildman–Crippen LogP) is 3.93. The van der Waals surface area contributed by atoms with E-state index in [9.17, 15) is 13.2 Å². The number of hydrogen-bond donors (Lipinski definition) is 1. The molecule has 34 heavy (non-hydrogen) atoms. The maximum absolute atomic E-state index is 13.7. The van der Waals surface area contributed by atoms with Gasteiger partial charge in [-0.3, -0.25) is 9.78 Å². The number of pyridine rings is 1. The van der Waals surface area contributed by atoms with Gasteiger partial charge in [-0.2, -0.15) is 9.42 Å². The van der Waals surface area contributed by atoms with Gasteiger partial charge in [0.2, 0.25) is 10.0 Å². The number of allylic oxidation sites excluding steroid dienone is 2. The summed E-state index contributed by atoms with van der Waals surface area (Å²) in [6.45, 7) is 5.35. The molecule has 0 saturated carbocycles. The number of azo groups is 1. The number of piperidine rings is 1. The Morgan fingerprint density at radius 3 is 2.65 bits per heavy atom. The van der Waals surface area contributed by atoms with Crippen LogP contribution in [0.2, 0.25) is 0 Å². The molecule has 1 aliphatic carbocycles. The Balaban J connectivity index is 1.37. The average molecular weight is 478 g/mol. The van der Waals surface area contributed by atoms with Crippen molar-refractivity contribution in [2.24, 2.45) is 21.1 Å². The molecule has 1 fully saturated rings. The van der Waals surface area contributed by atoms with Crippen LogP contribution in [0.5, 0.6) is 0 Å². The first-order valence-corrected chi connectivity index (χ1v) is 13.1. The lowest BCUT2D eigenvalue weighted by Gasteiger charge is -2.48. The first-order valence-electron chi connectivity index (χ1n) is 11.7. The maximum Gasteiger partial charge on any atom is 0.243 e. The summed E-state index contributed by atoms with van der Waals surface area (Å²) in [4.78, 5) is 18.0. The van der Waals surface area contributed by atoms with Gasteiger partial charge in [-0.1, -0.05) is 19.9 Å². The van der Waals surface area contributed by atoms with Gasteiger partial charge in [0.15, 0.2) is 11.6 Å². The van der Waals surface area contributed by atoms with Crippen molar-refractivity contribution in [2.45, 2.75) is 44.4 Å². The minimum absolute atomic E-state index is 0.121. The molecular formula is C25H27N5O3S. The molecule has 0 amide bonds. The van der Waals surface area contributed by atoms with Crippen LogP contribution in [-0.4, -0.2) is 43.1 Å². The molecule has 1 spiro atoms. The molecule has 9 heteroatoms. The number of carbonyl (C=O) groups excluding carboxylic acids is 1. The molecule has 0 bridgehead atoms.